The predicted octanol–water partition coefficient (Wildman–Crippen LogP) is 2.58. The van der Waals surface area contributed by atoms with Crippen molar-refractivity contribution in [2.24, 2.45) is 0 Å². The van der Waals surface area contributed by atoms with Gasteiger partial charge in [0.2, 0.25) is 0 Å². The van der Waals surface area contributed by atoms with E-state index >= 15 is 0 Å². The second-order valence-electron chi connectivity index (χ2n) is 6.58. The molecule has 0 unspecified atom stereocenters. The molecule has 0 heterocycles. The van der Waals surface area contributed by atoms with Gasteiger partial charge in [0.25, 0.3) is 0 Å². The summed E-state index contributed by atoms with van der Waals surface area (Å²) in [5.41, 5.74) is 0. The van der Waals surface area contributed by atoms with Crippen LogP contribution in [0.4, 0.5) is 0 Å². The Labute approximate surface area is 129 Å². The smallest absolute Gasteiger partial charge is 0.419 e. The topological polar surface area (TPSA) is 9.23 Å². The van der Waals surface area contributed by atoms with Gasteiger partial charge in [-0.15, -0.1) is 0 Å². The molecule has 0 atom stereocenters. The number of rotatable bonds is 3. The maximum Gasteiger partial charge on any atom is 1.00 e. The molecule has 1 rings (SSSR count). The quantitative estimate of drug-likeness (QED) is 0.562. The average Bonchev–Trinajstić information content (AvgIpc) is 2.28. The molecule has 1 nitrogen and oxygen atoms in total. The minimum Gasteiger partial charge on any atom is -0.419 e. The Morgan fingerprint density at radius 3 is 1.50 bits per heavy atom. The van der Waals surface area contributed by atoms with Crippen LogP contribution in [-0.4, -0.2) is 14.9 Å². The summed E-state index contributed by atoms with van der Waals surface area (Å²) in [5, 5.41) is 0.335. The third-order valence-corrected chi connectivity index (χ3v) is 8.45. The van der Waals surface area contributed by atoms with Crippen LogP contribution in [0, 0.1) is 6.92 Å². The van der Waals surface area contributed by atoms with Crippen LogP contribution in [0.5, 0.6) is 0 Å². The van der Waals surface area contributed by atoms with E-state index in [0.29, 0.717) is 5.04 Å². The van der Waals surface area contributed by atoms with Crippen molar-refractivity contribution >= 4 is 8.32 Å². The first-order valence-electron chi connectivity index (χ1n) is 7.24. The molecule has 0 aliphatic heterocycles. The first-order valence-corrected chi connectivity index (χ1v) is 10.2. The Morgan fingerprint density at radius 2 is 1.28 bits per heavy atom. The van der Waals surface area contributed by atoms with Gasteiger partial charge in [0.15, 0.2) is 8.32 Å². The fourth-order valence-electron chi connectivity index (χ4n) is 1.60. The van der Waals surface area contributed by atoms with Gasteiger partial charge >= 0.3 is 18.9 Å². The molecule has 0 aromatic heterocycles. The molecule has 1 saturated carbocycles. The zero-order valence-electron chi connectivity index (χ0n) is 13.8. The van der Waals surface area contributed by atoms with Gasteiger partial charge in [-0.1, -0.05) is 59.3 Å². The molecule has 18 heavy (non-hydrogen) atoms. The van der Waals surface area contributed by atoms with Gasteiger partial charge in [-0.3, -0.25) is 0 Å². The van der Waals surface area contributed by atoms with Crippen LogP contribution < -0.4 is 18.9 Å². The second-order valence-corrected chi connectivity index (χ2v) is 11.4. The van der Waals surface area contributed by atoms with Gasteiger partial charge in [-0.25, -0.2) is 0 Å². The van der Waals surface area contributed by atoms with E-state index in [2.05, 4.69) is 40.8 Å². The summed E-state index contributed by atoms with van der Waals surface area (Å²) in [6.07, 6.45) is 9.88. The van der Waals surface area contributed by atoms with E-state index in [1.54, 1.807) is 0 Å². The van der Waals surface area contributed by atoms with E-state index in [1.165, 1.54) is 38.5 Å². The first-order chi connectivity index (χ1) is 7.81. The monoisotopic (exact) mass is 264 g/mol. The third-order valence-electron chi connectivity index (χ3n) is 3.91. The summed E-state index contributed by atoms with van der Waals surface area (Å²) in [5.74, 6) is 0. The van der Waals surface area contributed by atoms with Crippen LogP contribution in [0.1, 0.15) is 65.7 Å². The molecule has 0 aromatic rings. The Balaban J connectivity index is 0. The van der Waals surface area contributed by atoms with E-state index in [0.717, 1.165) is 13.0 Å². The molecule has 1 aliphatic rings. The second kappa shape index (κ2) is 10.5. The van der Waals surface area contributed by atoms with Gasteiger partial charge in [0.05, 0.1) is 0 Å². The van der Waals surface area contributed by atoms with Crippen LogP contribution in [-0.2, 0) is 4.43 Å². The van der Waals surface area contributed by atoms with Crippen molar-refractivity contribution in [2.45, 2.75) is 83.8 Å². The Hall–Kier alpha value is 0.774. The Kier molecular flexibility index (Phi) is 12.4. The van der Waals surface area contributed by atoms with Crippen molar-refractivity contribution in [1.29, 1.82) is 0 Å². The molecule has 0 aromatic carbocycles. The van der Waals surface area contributed by atoms with Gasteiger partial charge in [0, 0.05) is 6.61 Å². The first kappa shape index (κ1) is 21.1. The normalized spacial score (nSPS) is 16.3. The molecule has 0 amide bonds. The van der Waals surface area contributed by atoms with Crippen LogP contribution >= 0.6 is 0 Å². The van der Waals surface area contributed by atoms with E-state index in [9.17, 15) is 0 Å². The summed E-state index contributed by atoms with van der Waals surface area (Å²) in [6, 6.07) is 0. The summed E-state index contributed by atoms with van der Waals surface area (Å²) >= 11 is 0. The predicted molar refractivity (Wildman–Crippen MR) is 80.8 cm³/mol. The van der Waals surface area contributed by atoms with Gasteiger partial charge < -0.3 is 11.3 Å². The van der Waals surface area contributed by atoms with E-state index in [1.807, 2.05) is 0 Å². The summed E-state index contributed by atoms with van der Waals surface area (Å²) < 4.78 is 5.82. The third kappa shape index (κ3) is 9.67. The van der Waals surface area contributed by atoms with Crippen molar-refractivity contribution < 1.29 is 23.3 Å². The summed E-state index contributed by atoms with van der Waals surface area (Å²) in [6.45, 7) is 15.9. The zero-order valence-corrected chi connectivity index (χ0v) is 14.8. The van der Waals surface area contributed by atoms with Crippen molar-refractivity contribution in [1.82, 2.24) is 0 Å². The molecule has 1 aliphatic carbocycles. The van der Waals surface area contributed by atoms with Crippen LogP contribution in [0.15, 0.2) is 0 Å². The molecular formula is C15H33LiOSi. The van der Waals surface area contributed by atoms with E-state index in [4.69, 9.17) is 4.43 Å². The molecule has 104 valence electrons. The molecule has 0 N–H and O–H groups in total. The Morgan fingerprint density at radius 1 is 0.944 bits per heavy atom. The fraction of sp³-hybridized carbons (Fsp3) is 0.933. The average molecular weight is 264 g/mol. The van der Waals surface area contributed by atoms with Crippen LogP contribution in [0.25, 0.3) is 0 Å². The minimum atomic E-state index is -1.47. The van der Waals surface area contributed by atoms with Crippen molar-refractivity contribution in [3.05, 3.63) is 6.92 Å². The fourth-order valence-corrected chi connectivity index (χ4v) is 2.69. The largest absolute Gasteiger partial charge is 1.00 e. The molecule has 0 spiro atoms. The zero-order chi connectivity index (χ0) is 13.4. The molecule has 1 fully saturated rings. The van der Waals surface area contributed by atoms with Gasteiger partial charge in [0.1, 0.15) is 0 Å². The van der Waals surface area contributed by atoms with Crippen LogP contribution in [0.3, 0.4) is 0 Å². The SMILES string of the molecule is C1CCCCC1.[CH2-]CCO[Si](C)(C)C(C)(C)C.[Li+]. The van der Waals surface area contributed by atoms with E-state index < -0.39 is 8.32 Å². The summed E-state index contributed by atoms with van der Waals surface area (Å²) in [7, 11) is -1.47. The molecule has 0 saturated heterocycles. The maximum atomic E-state index is 5.82. The number of hydrogen-bond donors (Lipinski definition) is 0. The van der Waals surface area contributed by atoms with Gasteiger partial charge in [-0.05, 0) is 18.1 Å². The van der Waals surface area contributed by atoms with Gasteiger partial charge in [-0.2, -0.15) is 6.42 Å². The van der Waals surface area contributed by atoms with Crippen molar-refractivity contribution in [2.75, 3.05) is 6.61 Å². The standard InChI is InChI=1S/C9H21OSi.C6H12.Li/c1-7-8-10-11(5,6)9(2,3)4;1-2-4-6-5-3-1;/h1,7-8H2,2-6H3;1-6H2;/q-1;;+1. The molecule has 0 radical (unpaired) electrons. The maximum absolute atomic E-state index is 5.82. The molecular weight excluding hydrogens is 231 g/mol. The van der Waals surface area contributed by atoms with Crippen LogP contribution in [0.2, 0.25) is 18.1 Å². The van der Waals surface area contributed by atoms with Crippen molar-refractivity contribution in [3.63, 3.8) is 0 Å². The minimum absolute atomic E-state index is 0. The van der Waals surface area contributed by atoms with Crippen molar-refractivity contribution in [3.8, 4) is 0 Å². The van der Waals surface area contributed by atoms with E-state index in [-0.39, 0.29) is 18.9 Å². The number of hydrogen-bond acceptors (Lipinski definition) is 1. The molecule has 3 heteroatoms. The Bertz CT molecular complexity index is 172. The molecule has 0 bridgehead atoms. The summed E-state index contributed by atoms with van der Waals surface area (Å²) in [4.78, 5) is 0.